The van der Waals surface area contributed by atoms with Gasteiger partial charge in [-0.1, -0.05) is 114 Å². The van der Waals surface area contributed by atoms with E-state index in [-0.39, 0.29) is 27.3 Å². The summed E-state index contributed by atoms with van der Waals surface area (Å²) in [6.07, 6.45) is 0. The van der Waals surface area contributed by atoms with Crippen LogP contribution in [0.3, 0.4) is 0 Å². The lowest BCUT2D eigenvalue weighted by Gasteiger charge is -2.21. The number of aromatic nitrogens is 3. The molecular weight excluding hydrogens is 685 g/mol. The van der Waals surface area contributed by atoms with Gasteiger partial charge < -0.3 is 4.42 Å². The number of hydrogen-bond donors (Lipinski definition) is 0. The Hall–Kier alpha value is -6.11. The molecule has 0 saturated heterocycles. The first kappa shape index (κ1) is 33.5. The molecule has 0 saturated carbocycles. The predicted octanol–water partition coefficient (Wildman–Crippen LogP) is 6.44. The summed E-state index contributed by atoms with van der Waals surface area (Å²) in [4.78, 5) is 14.8. The van der Waals surface area contributed by atoms with E-state index in [1.165, 1.54) is 25.7 Å². The SMILES string of the molecule is [B]c1c([B])c([B])c(-c2ccc(-c3nc(-c4ccccc4)nc(-c4ccc5c(c4)oc4cc(-c6cccc7c6sc6ccccc67)ccc45)n3)cc2)c([B])c1[B]. The van der Waals surface area contributed by atoms with Gasteiger partial charge in [-0.05, 0) is 52.6 Å². The largest absolute Gasteiger partial charge is 0.456 e. The van der Waals surface area contributed by atoms with Crippen LogP contribution in [0.1, 0.15) is 0 Å². The summed E-state index contributed by atoms with van der Waals surface area (Å²) in [5.74, 6) is 1.56. The van der Waals surface area contributed by atoms with Gasteiger partial charge in [-0.15, -0.1) is 27.7 Å². The Kier molecular flexibility index (Phi) is 7.93. The van der Waals surface area contributed by atoms with Crippen molar-refractivity contribution in [3.05, 3.63) is 133 Å². The normalized spacial score (nSPS) is 11.6. The lowest BCUT2D eigenvalue weighted by atomic mass is 9.59. The van der Waals surface area contributed by atoms with Crippen molar-refractivity contribution in [2.75, 3.05) is 0 Å². The zero-order valence-electron chi connectivity index (χ0n) is 29.2. The molecule has 3 aromatic heterocycles. The fraction of sp³-hybridized carbons (Fsp3) is 0. The maximum absolute atomic E-state index is 6.56. The molecule has 10 rings (SSSR count). The topological polar surface area (TPSA) is 51.8 Å². The summed E-state index contributed by atoms with van der Waals surface area (Å²) in [6, 6.07) is 45.1. The van der Waals surface area contributed by atoms with Crippen LogP contribution in [0.15, 0.2) is 138 Å². The predicted molar refractivity (Wildman–Crippen MR) is 234 cm³/mol. The lowest BCUT2D eigenvalue weighted by Crippen LogP contribution is -2.55. The van der Waals surface area contributed by atoms with Crippen LogP contribution in [0, 0.1) is 0 Å². The summed E-state index contributed by atoms with van der Waals surface area (Å²) in [6.45, 7) is 0. The van der Waals surface area contributed by atoms with Gasteiger partial charge in [0.25, 0.3) is 0 Å². The van der Waals surface area contributed by atoms with Crippen LogP contribution in [-0.4, -0.2) is 54.2 Å². The van der Waals surface area contributed by atoms with Crippen LogP contribution in [0.4, 0.5) is 0 Å². The molecule has 10 heteroatoms. The molecule has 0 unspecified atom stereocenters. The van der Waals surface area contributed by atoms with E-state index in [9.17, 15) is 0 Å². The molecule has 0 aliphatic heterocycles. The molecule has 0 amide bonds. The zero-order chi connectivity index (χ0) is 37.4. The van der Waals surface area contributed by atoms with Gasteiger partial charge in [-0.2, -0.15) is 0 Å². The average Bonchev–Trinajstić information content (AvgIpc) is 3.80. The van der Waals surface area contributed by atoms with Gasteiger partial charge in [0.2, 0.25) is 0 Å². The Balaban J connectivity index is 1.06. The van der Waals surface area contributed by atoms with Crippen LogP contribution in [0.2, 0.25) is 0 Å². The fourth-order valence-corrected chi connectivity index (χ4v) is 8.59. The average molecular weight is 707 g/mol. The minimum absolute atomic E-state index is 0.174. The van der Waals surface area contributed by atoms with E-state index in [1.54, 1.807) is 0 Å². The Labute approximate surface area is 327 Å². The molecule has 55 heavy (non-hydrogen) atoms. The number of rotatable bonds is 5. The molecule has 3 heterocycles. The second kappa shape index (κ2) is 13.0. The van der Waals surface area contributed by atoms with Crippen molar-refractivity contribution in [3.63, 3.8) is 0 Å². The molecule has 244 valence electrons. The van der Waals surface area contributed by atoms with E-state index < -0.39 is 0 Å². The monoisotopic (exact) mass is 707 g/mol. The molecule has 4 nitrogen and oxygen atoms in total. The second-order valence-corrected chi connectivity index (χ2v) is 14.5. The van der Waals surface area contributed by atoms with Gasteiger partial charge in [-0.3, -0.25) is 0 Å². The van der Waals surface area contributed by atoms with Crippen LogP contribution in [0.25, 0.3) is 98.5 Å². The Morgan fingerprint density at radius 3 is 1.60 bits per heavy atom. The Morgan fingerprint density at radius 1 is 0.400 bits per heavy atom. The summed E-state index contributed by atoms with van der Waals surface area (Å²) in [5.41, 5.74) is 8.67. The van der Waals surface area contributed by atoms with Crippen molar-refractivity contribution < 1.29 is 4.42 Å². The molecule has 7 aromatic carbocycles. The lowest BCUT2D eigenvalue weighted by molar-refractivity contribution is 0.669. The van der Waals surface area contributed by atoms with E-state index in [0.717, 1.165) is 49.8 Å². The van der Waals surface area contributed by atoms with E-state index >= 15 is 0 Å². The van der Waals surface area contributed by atoms with E-state index in [2.05, 4.69) is 66.7 Å². The number of nitrogens with zero attached hydrogens (tertiary/aromatic N) is 3. The van der Waals surface area contributed by atoms with Crippen LogP contribution >= 0.6 is 11.3 Å². The van der Waals surface area contributed by atoms with Gasteiger partial charge >= 0.3 is 0 Å². The first-order chi connectivity index (χ1) is 26.8. The number of hydrogen-bond acceptors (Lipinski definition) is 5. The number of furan rings is 1. The highest BCUT2D eigenvalue weighted by molar-refractivity contribution is 7.26. The third-order valence-corrected chi connectivity index (χ3v) is 11.5. The van der Waals surface area contributed by atoms with Gasteiger partial charge in [0, 0.05) is 47.6 Å². The highest BCUT2D eigenvalue weighted by Crippen LogP contribution is 2.41. The van der Waals surface area contributed by atoms with Crippen molar-refractivity contribution in [1.82, 2.24) is 15.0 Å². The standard InChI is InChI=1S/C45H22B5N3OS/c46-37-36(38(47)40(49)41(50)39(37)48)23-13-15-25(16-14-23)44-51-43(24-7-2-1-3-8-24)52-45(53-44)27-18-20-30-29-19-17-26(21-33(29)54-34(30)22-27)28-10-6-11-32-31-9-4-5-12-35(31)55-42(28)32/h1-22H. The van der Waals surface area contributed by atoms with Gasteiger partial charge in [0.05, 0.1) is 0 Å². The molecule has 10 radical (unpaired) electrons. The first-order valence-corrected chi connectivity index (χ1v) is 18.4. The van der Waals surface area contributed by atoms with Gasteiger partial charge in [-0.25, -0.2) is 15.0 Å². The molecule has 10 aromatic rings. The summed E-state index contributed by atoms with van der Waals surface area (Å²) >= 11 is 1.82. The number of benzene rings is 7. The van der Waals surface area contributed by atoms with Crippen molar-refractivity contribution in [2.24, 2.45) is 0 Å². The third kappa shape index (κ3) is 5.54. The third-order valence-electron chi connectivity index (χ3n) is 10.2. The van der Waals surface area contributed by atoms with Crippen LogP contribution < -0.4 is 27.3 Å². The quantitative estimate of drug-likeness (QED) is 0.194. The molecule has 0 bridgehead atoms. The first-order valence-electron chi connectivity index (χ1n) is 17.6. The highest BCUT2D eigenvalue weighted by atomic mass is 32.1. The minimum atomic E-state index is 0.174. The van der Waals surface area contributed by atoms with Gasteiger partial charge in [0.15, 0.2) is 17.5 Å². The second-order valence-electron chi connectivity index (χ2n) is 13.5. The summed E-state index contributed by atoms with van der Waals surface area (Å²) < 4.78 is 9.11. The minimum Gasteiger partial charge on any atom is -0.456 e. The molecule has 0 fully saturated rings. The summed E-state index contributed by atoms with van der Waals surface area (Å²) in [7, 11) is 31.0. The van der Waals surface area contributed by atoms with Crippen molar-refractivity contribution in [3.8, 4) is 56.4 Å². The molecule has 0 atom stereocenters. The van der Waals surface area contributed by atoms with E-state index in [4.69, 9.17) is 58.6 Å². The Morgan fingerprint density at radius 2 is 0.909 bits per heavy atom. The molecule has 0 N–H and O–H groups in total. The van der Waals surface area contributed by atoms with Crippen molar-refractivity contribution in [2.45, 2.75) is 0 Å². The highest BCUT2D eigenvalue weighted by Gasteiger charge is 2.18. The van der Waals surface area contributed by atoms with Crippen LogP contribution in [-0.2, 0) is 0 Å². The summed E-state index contributed by atoms with van der Waals surface area (Å²) in [5, 5.41) is 4.60. The number of thiophene rings is 1. The van der Waals surface area contributed by atoms with Crippen LogP contribution in [0.5, 0.6) is 0 Å². The van der Waals surface area contributed by atoms with Gasteiger partial charge in [0.1, 0.15) is 50.4 Å². The fourth-order valence-electron chi connectivity index (χ4n) is 7.36. The smallest absolute Gasteiger partial charge is 0.164 e. The maximum atomic E-state index is 6.56. The van der Waals surface area contributed by atoms with Crippen molar-refractivity contribution in [1.29, 1.82) is 0 Å². The van der Waals surface area contributed by atoms with E-state index in [0.29, 0.717) is 23.0 Å². The van der Waals surface area contributed by atoms with Crippen molar-refractivity contribution >= 4 is 120 Å². The van der Waals surface area contributed by atoms with E-state index in [1.807, 2.05) is 78.1 Å². The molecule has 0 aliphatic carbocycles. The molecule has 0 aliphatic rings. The maximum Gasteiger partial charge on any atom is 0.164 e. The molecule has 0 spiro atoms. The number of fused-ring (bicyclic) bond motifs is 6. The zero-order valence-corrected chi connectivity index (χ0v) is 30.1. The Bertz CT molecular complexity index is 3130. The molecular formula is C45H22B5N3OS.